The van der Waals surface area contributed by atoms with Crippen LogP contribution in [-0.4, -0.2) is 66.3 Å². The Bertz CT molecular complexity index is 736. The molecule has 2 atom stereocenters. The van der Waals surface area contributed by atoms with Crippen molar-refractivity contribution in [1.29, 1.82) is 0 Å². The molecule has 27 heavy (non-hydrogen) atoms. The van der Waals surface area contributed by atoms with Crippen LogP contribution in [-0.2, 0) is 30.5 Å². The Kier molecular flexibility index (Phi) is 5.73. The minimum atomic E-state index is -0.892. The van der Waals surface area contributed by atoms with Gasteiger partial charge in [-0.3, -0.25) is 19.2 Å². The summed E-state index contributed by atoms with van der Waals surface area (Å²) < 4.78 is 4.64. The molecule has 0 aliphatic carbocycles. The van der Waals surface area contributed by atoms with E-state index in [0.717, 1.165) is 5.56 Å². The maximum absolute atomic E-state index is 13.0. The summed E-state index contributed by atoms with van der Waals surface area (Å²) in [6.45, 7) is 1.41. The minimum absolute atomic E-state index is 0.0804. The van der Waals surface area contributed by atoms with E-state index in [0.29, 0.717) is 26.2 Å². The van der Waals surface area contributed by atoms with Crippen LogP contribution in [0.5, 0.6) is 0 Å². The maximum atomic E-state index is 13.0. The second-order valence-electron chi connectivity index (χ2n) is 6.78. The van der Waals surface area contributed by atoms with Crippen LogP contribution in [0.15, 0.2) is 30.3 Å². The summed E-state index contributed by atoms with van der Waals surface area (Å²) in [4.78, 5) is 52.2. The summed E-state index contributed by atoms with van der Waals surface area (Å²) in [6, 6.07) is 8.69. The zero-order valence-electron chi connectivity index (χ0n) is 15.2. The number of methoxy groups -OCH3 is 1. The van der Waals surface area contributed by atoms with Gasteiger partial charge in [-0.05, 0) is 5.56 Å². The largest absolute Gasteiger partial charge is 0.469 e. The molecule has 2 aliphatic heterocycles. The molecule has 2 aliphatic rings. The molecule has 2 heterocycles. The zero-order valence-corrected chi connectivity index (χ0v) is 15.2. The molecule has 1 aromatic rings. The number of carbonyl (C=O) groups is 4. The van der Waals surface area contributed by atoms with Crippen LogP contribution in [0.1, 0.15) is 18.4 Å². The van der Waals surface area contributed by atoms with Gasteiger partial charge in [-0.15, -0.1) is 0 Å². The first-order valence-corrected chi connectivity index (χ1v) is 8.96. The summed E-state index contributed by atoms with van der Waals surface area (Å²) in [6.07, 6.45) is -0.0722. The molecule has 2 unspecified atom stereocenters. The van der Waals surface area contributed by atoms with Crippen molar-refractivity contribution in [2.75, 3.05) is 26.7 Å². The highest BCUT2D eigenvalue weighted by Crippen LogP contribution is 2.24. The lowest BCUT2D eigenvalue weighted by molar-refractivity contribution is -0.151. The Morgan fingerprint density at radius 1 is 1.22 bits per heavy atom. The van der Waals surface area contributed by atoms with Crippen LogP contribution in [0.25, 0.3) is 0 Å². The highest BCUT2D eigenvalue weighted by atomic mass is 16.5. The summed E-state index contributed by atoms with van der Waals surface area (Å²) in [5.41, 5.74) is 1.000. The Morgan fingerprint density at radius 2 is 1.96 bits per heavy atom. The van der Waals surface area contributed by atoms with Gasteiger partial charge in [-0.2, -0.15) is 0 Å². The number of benzene rings is 1. The molecule has 144 valence electrons. The number of nitrogens with zero attached hydrogens (tertiary/aromatic N) is 2. The number of amides is 3. The molecule has 2 fully saturated rings. The third-order valence-corrected chi connectivity index (χ3v) is 4.98. The lowest BCUT2D eigenvalue weighted by atomic mass is 10.0. The first-order valence-electron chi connectivity index (χ1n) is 8.96. The van der Waals surface area contributed by atoms with E-state index in [1.807, 2.05) is 30.3 Å². The quantitative estimate of drug-likeness (QED) is 0.729. The second-order valence-corrected chi connectivity index (χ2v) is 6.78. The predicted octanol–water partition coefficient (Wildman–Crippen LogP) is -0.0748. The maximum Gasteiger partial charge on any atom is 0.308 e. The fraction of sp³-hybridized carbons (Fsp3) is 0.474. The van der Waals surface area contributed by atoms with E-state index >= 15 is 0 Å². The number of ether oxygens (including phenoxy) is 1. The van der Waals surface area contributed by atoms with E-state index in [1.54, 1.807) is 4.90 Å². The predicted molar refractivity (Wildman–Crippen MR) is 95.1 cm³/mol. The van der Waals surface area contributed by atoms with E-state index in [1.165, 1.54) is 12.0 Å². The van der Waals surface area contributed by atoms with Gasteiger partial charge >= 0.3 is 5.97 Å². The van der Waals surface area contributed by atoms with E-state index in [-0.39, 0.29) is 30.6 Å². The zero-order chi connectivity index (χ0) is 19.4. The molecule has 2 saturated heterocycles. The van der Waals surface area contributed by atoms with Crippen LogP contribution in [0.2, 0.25) is 0 Å². The Labute approximate surface area is 157 Å². The fourth-order valence-electron chi connectivity index (χ4n) is 3.55. The third-order valence-electron chi connectivity index (χ3n) is 4.98. The molecular weight excluding hydrogens is 350 g/mol. The molecule has 0 spiro atoms. The van der Waals surface area contributed by atoms with Gasteiger partial charge in [-0.25, -0.2) is 0 Å². The van der Waals surface area contributed by atoms with Crippen molar-refractivity contribution in [1.82, 2.24) is 15.1 Å². The van der Waals surface area contributed by atoms with Crippen molar-refractivity contribution in [3.8, 4) is 0 Å². The normalized spacial score (nSPS) is 22.6. The Morgan fingerprint density at radius 3 is 2.67 bits per heavy atom. The molecule has 0 aromatic heterocycles. The number of nitrogens with one attached hydrogen (secondary N) is 1. The number of hydrogen-bond donors (Lipinski definition) is 1. The van der Waals surface area contributed by atoms with Crippen molar-refractivity contribution >= 4 is 23.7 Å². The SMILES string of the molecule is COC(=O)CC1C(=O)NCCN1C(=O)C1CC(=O)N(Cc2ccccc2)C1. The molecule has 0 saturated carbocycles. The van der Waals surface area contributed by atoms with Crippen molar-refractivity contribution < 1.29 is 23.9 Å². The average molecular weight is 373 g/mol. The molecular formula is C19H23N3O5. The molecule has 0 bridgehead atoms. The van der Waals surface area contributed by atoms with Crippen molar-refractivity contribution in [2.45, 2.75) is 25.4 Å². The van der Waals surface area contributed by atoms with Crippen LogP contribution in [0.4, 0.5) is 0 Å². The molecule has 1 aromatic carbocycles. The number of carbonyl (C=O) groups excluding carboxylic acids is 4. The number of rotatable bonds is 5. The van der Waals surface area contributed by atoms with Crippen molar-refractivity contribution in [2.24, 2.45) is 5.92 Å². The lowest BCUT2D eigenvalue weighted by Crippen LogP contribution is -2.59. The summed E-state index contributed by atoms with van der Waals surface area (Å²) >= 11 is 0. The van der Waals surface area contributed by atoms with Gasteiger partial charge < -0.3 is 19.9 Å². The van der Waals surface area contributed by atoms with Gasteiger partial charge in [0.05, 0.1) is 19.4 Å². The van der Waals surface area contributed by atoms with E-state index in [4.69, 9.17) is 0 Å². The van der Waals surface area contributed by atoms with Crippen LogP contribution < -0.4 is 5.32 Å². The van der Waals surface area contributed by atoms with Gasteiger partial charge in [0.15, 0.2) is 0 Å². The van der Waals surface area contributed by atoms with E-state index in [9.17, 15) is 19.2 Å². The minimum Gasteiger partial charge on any atom is -0.469 e. The summed E-state index contributed by atoms with van der Waals surface area (Å²) in [7, 11) is 1.24. The van der Waals surface area contributed by atoms with Gasteiger partial charge in [0, 0.05) is 32.6 Å². The second kappa shape index (κ2) is 8.20. The molecule has 8 heteroatoms. The lowest BCUT2D eigenvalue weighted by Gasteiger charge is -2.36. The molecule has 3 rings (SSSR count). The first kappa shape index (κ1) is 18.9. The smallest absolute Gasteiger partial charge is 0.308 e. The van der Waals surface area contributed by atoms with Crippen LogP contribution in [0.3, 0.4) is 0 Å². The topological polar surface area (TPSA) is 96.0 Å². The molecule has 0 radical (unpaired) electrons. The van der Waals surface area contributed by atoms with Crippen molar-refractivity contribution in [3.05, 3.63) is 35.9 Å². The van der Waals surface area contributed by atoms with Crippen LogP contribution in [0, 0.1) is 5.92 Å². The summed E-state index contributed by atoms with van der Waals surface area (Å²) in [5.74, 6) is -1.77. The third kappa shape index (κ3) is 4.27. The fourth-order valence-corrected chi connectivity index (χ4v) is 3.55. The summed E-state index contributed by atoms with van der Waals surface area (Å²) in [5, 5.41) is 2.67. The van der Waals surface area contributed by atoms with E-state index < -0.39 is 17.9 Å². The number of likely N-dealkylation sites (tertiary alicyclic amines) is 1. The number of hydrogen-bond acceptors (Lipinski definition) is 5. The highest BCUT2D eigenvalue weighted by molar-refractivity contribution is 5.95. The highest BCUT2D eigenvalue weighted by Gasteiger charge is 2.41. The van der Waals surface area contributed by atoms with Gasteiger partial charge in [0.25, 0.3) is 0 Å². The number of esters is 1. The van der Waals surface area contributed by atoms with Gasteiger partial charge in [0.1, 0.15) is 6.04 Å². The molecule has 1 N–H and O–H groups in total. The Hall–Kier alpha value is -2.90. The van der Waals surface area contributed by atoms with E-state index in [2.05, 4.69) is 10.1 Å². The van der Waals surface area contributed by atoms with Crippen molar-refractivity contribution in [3.63, 3.8) is 0 Å². The Balaban J connectivity index is 1.68. The standard InChI is InChI=1S/C19H23N3O5/c1-27-17(24)10-15-18(25)20-7-8-22(15)19(26)14-9-16(23)21(12-14)11-13-5-3-2-4-6-13/h2-6,14-15H,7-12H2,1H3,(H,20,25). The molecule has 3 amide bonds. The monoisotopic (exact) mass is 373 g/mol. The number of piperazine rings is 1. The van der Waals surface area contributed by atoms with Crippen LogP contribution >= 0.6 is 0 Å². The average Bonchev–Trinajstić information content (AvgIpc) is 3.04. The van der Waals surface area contributed by atoms with Gasteiger partial charge in [0.2, 0.25) is 17.7 Å². The van der Waals surface area contributed by atoms with Gasteiger partial charge in [-0.1, -0.05) is 30.3 Å². The molecule has 8 nitrogen and oxygen atoms in total. The first-order chi connectivity index (χ1) is 13.0.